The fraction of sp³-hybridized carbons (Fsp3) is 1.00. The summed E-state index contributed by atoms with van der Waals surface area (Å²) in [6.07, 6.45) is 5.58. The summed E-state index contributed by atoms with van der Waals surface area (Å²) in [6, 6.07) is 0.707. The Balaban J connectivity index is 0.000000249. The fourth-order valence-electron chi connectivity index (χ4n) is 4.37. The van der Waals surface area contributed by atoms with Crippen LogP contribution in [0.5, 0.6) is 0 Å². The second kappa shape index (κ2) is 18.1. The summed E-state index contributed by atoms with van der Waals surface area (Å²) in [5, 5.41) is 0. The van der Waals surface area contributed by atoms with Crippen LogP contribution >= 0.6 is 0 Å². The zero-order valence-electron chi connectivity index (χ0n) is 23.8. The largest absolute Gasteiger partial charge is 0.379 e. The van der Waals surface area contributed by atoms with E-state index in [0.717, 1.165) is 44.1 Å². The smallest absolute Gasteiger partial charge is 0.0594 e. The van der Waals surface area contributed by atoms with Crippen molar-refractivity contribution in [3.8, 4) is 0 Å². The van der Waals surface area contributed by atoms with E-state index in [4.69, 9.17) is 4.74 Å². The molecule has 3 aliphatic heterocycles. The zero-order chi connectivity index (χ0) is 24.6. The number of hydrogen-bond acceptors (Lipinski definition) is 5. The molecule has 3 rings (SSSR count). The predicted molar refractivity (Wildman–Crippen MR) is 145 cm³/mol. The van der Waals surface area contributed by atoms with E-state index in [-0.39, 0.29) is 0 Å². The maximum absolute atomic E-state index is 5.29. The minimum atomic E-state index is 0.707. The van der Waals surface area contributed by atoms with Gasteiger partial charge in [-0.1, -0.05) is 41.5 Å². The monoisotopic (exact) mass is 468 g/mol. The molecule has 5 nitrogen and oxygen atoms in total. The lowest BCUT2D eigenvalue weighted by Crippen LogP contribution is -2.44. The van der Waals surface area contributed by atoms with Crippen molar-refractivity contribution in [2.24, 2.45) is 17.8 Å². The van der Waals surface area contributed by atoms with Gasteiger partial charge in [0, 0.05) is 45.3 Å². The molecule has 0 aliphatic carbocycles. The SMILES string of the molecule is CC(C)C(C)N1CCOCC1.CC(C)CCN1CCCC1.CC(C)CCN1CCN(C)CC1. The highest BCUT2D eigenvalue weighted by Crippen LogP contribution is 2.11. The van der Waals surface area contributed by atoms with Gasteiger partial charge in [-0.05, 0) is 83.6 Å². The van der Waals surface area contributed by atoms with Crippen LogP contribution in [0.15, 0.2) is 0 Å². The van der Waals surface area contributed by atoms with Gasteiger partial charge in [-0.15, -0.1) is 0 Å². The highest BCUT2D eigenvalue weighted by Gasteiger charge is 2.19. The molecule has 1 atom stereocenters. The Morgan fingerprint density at radius 1 is 0.606 bits per heavy atom. The lowest BCUT2D eigenvalue weighted by atomic mass is 10.0. The predicted octanol–water partition coefficient (Wildman–Crippen LogP) is 4.77. The van der Waals surface area contributed by atoms with Crippen LogP contribution in [0.25, 0.3) is 0 Å². The van der Waals surface area contributed by atoms with Crippen molar-refractivity contribution in [2.45, 2.75) is 80.2 Å². The molecule has 198 valence electrons. The van der Waals surface area contributed by atoms with Crippen LogP contribution < -0.4 is 0 Å². The number of morpholine rings is 1. The molecule has 0 radical (unpaired) electrons. The average Bonchev–Trinajstić information content (AvgIpc) is 3.32. The van der Waals surface area contributed by atoms with E-state index in [2.05, 4.69) is 75.1 Å². The van der Waals surface area contributed by atoms with Gasteiger partial charge in [0.25, 0.3) is 0 Å². The summed E-state index contributed by atoms with van der Waals surface area (Å²) in [4.78, 5) is 10.1. The molecule has 0 spiro atoms. The third-order valence-corrected chi connectivity index (χ3v) is 7.43. The normalized spacial score (nSPS) is 22.3. The fourth-order valence-corrected chi connectivity index (χ4v) is 4.37. The average molecular weight is 469 g/mol. The Morgan fingerprint density at radius 2 is 1.06 bits per heavy atom. The van der Waals surface area contributed by atoms with Crippen LogP contribution in [0, 0.1) is 17.8 Å². The first kappa shape index (κ1) is 30.8. The molecule has 3 aliphatic rings. The Morgan fingerprint density at radius 3 is 1.48 bits per heavy atom. The van der Waals surface area contributed by atoms with Gasteiger partial charge in [0.1, 0.15) is 0 Å². The van der Waals surface area contributed by atoms with E-state index >= 15 is 0 Å². The highest BCUT2D eigenvalue weighted by atomic mass is 16.5. The molecule has 0 saturated carbocycles. The molecule has 33 heavy (non-hydrogen) atoms. The molecule has 3 fully saturated rings. The van der Waals surface area contributed by atoms with Crippen molar-refractivity contribution >= 4 is 0 Å². The van der Waals surface area contributed by atoms with Crippen LogP contribution in [-0.2, 0) is 4.74 Å². The molecular formula is C28H60N4O. The minimum Gasteiger partial charge on any atom is -0.379 e. The molecule has 0 aromatic carbocycles. The maximum atomic E-state index is 5.29. The van der Waals surface area contributed by atoms with E-state index in [1.807, 2.05) is 0 Å². The Kier molecular flexibility index (Phi) is 16.9. The van der Waals surface area contributed by atoms with E-state index < -0.39 is 0 Å². The summed E-state index contributed by atoms with van der Waals surface area (Å²) in [6.45, 7) is 30.5. The van der Waals surface area contributed by atoms with Gasteiger partial charge in [0.15, 0.2) is 0 Å². The number of likely N-dealkylation sites (tertiary alicyclic amines) is 1. The Labute approximate surface area is 208 Å². The standard InChI is InChI=1S/C10H22N2.C9H19NO.C9H19N/c1-10(2)4-5-12-8-6-11(3)7-9-12;1-8(2)9(3)10-4-6-11-7-5-10;1-9(2)5-8-10-6-3-4-7-10/h10H,4-9H2,1-3H3;8-9H,4-7H2,1-3H3;9H,3-8H2,1-2H3. The summed E-state index contributed by atoms with van der Waals surface area (Å²) in [7, 11) is 2.21. The number of nitrogens with zero attached hydrogens (tertiary/aromatic N) is 4. The van der Waals surface area contributed by atoms with Crippen LogP contribution in [0.3, 0.4) is 0 Å². The maximum Gasteiger partial charge on any atom is 0.0594 e. The van der Waals surface area contributed by atoms with E-state index in [1.165, 1.54) is 78.0 Å². The highest BCUT2D eigenvalue weighted by molar-refractivity contribution is 4.72. The van der Waals surface area contributed by atoms with Gasteiger partial charge in [-0.2, -0.15) is 0 Å². The van der Waals surface area contributed by atoms with Crippen LogP contribution in [0.1, 0.15) is 74.1 Å². The molecule has 3 heterocycles. The number of rotatable bonds is 8. The number of piperazine rings is 1. The second-order valence-corrected chi connectivity index (χ2v) is 11.7. The zero-order valence-corrected chi connectivity index (χ0v) is 23.8. The molecule has 0 bridgehead atoms. The quantitative estimate of drug-likeness (QED) is 0.510. The van der Waals surface area contributed by atoms with Crippen LogP contribution in [-0.4, -0.2) is 111 Å². The molecular weight excluding hydrogens is 408 g/mol. The second-order valence-electron chi connectivity index (χ2n) is 11.7. The van der Waals surface area contributed by atoms with Crippen molar-refractivity contribution in [1.29, 1.82) is 0 Å². The van der Waals surface area contributed by atoms with Gasteiger partial charge in [0.05, 0.1) is 13.2 Å². The molecule has 3 saturated heterocycles. The molecule has 0 aromatic rings. The molecule has 5 heteroatoms. The van der Waals surface area contributed by atoms with Gasteiger partial charge >= 0.3 is 0 Å². The summed E-state index contributed by atoms with van der Waals surface area (Å²) >= 11 is 0. The first-order valence-corrected chi connectivity index (χ1v) is 14.1. The van der Waals surface area contributed by atoms with E-state index in [1.54, 1.807) is 0 Å². The first-order valence-electron chi connectivity index (χ1n) is 14.1. The molecule has 0 N–H and O–H groups in total. The van der Waals surface area contributed by atoms with Gasteiger partial charge < -0.3 is 19.4 Å². The van der Waals surface area contributed by atoms with Crippen molar-refractivity contribution in [3.63, 3.8) is 0 Å². The van der Waals surface area contributed by atoms with Gasteiger partial charge in [0.2, 0.25) is 0 Å². The molecule has 0 amide bonds. The van der Waals surface area contributed by atoms with Crippen molar-refractivity contribution in [2.75, 3.05) is 85.7 Å². The van der Waals surface area contributed by atoms with Gasteiger partial charge in [-0.25, -0.2) is 0 Å². The number of hydrogen-bond donors (Lipinski definition) is 0. The topological polar surface area (TPSA) is 22.2 Å². The lowest BCUT2D eigenvalue weighted by Gasteiger charge is -2.34. The molecule has 0 aromatic heterocycles. The van der Waals surface area contributed by atoms with Crippen molar-refractivity contribution in [1.82, 2.24) is 19.6 Å². The third kappa shape index (κ3) is 15.4. The van der Waals surface area contributed by atoms with E-state index in [9.17, 15) is 0 Å². The summed E-state index contributed by atoms with van der Waals surface area (Å²) < 4.78 is 5.29. The lowest BCUT2D eigenvalue weighted by molar-refractivity contribution is 0.0109. The van der Waals surface area contributed by atoms with E-state index in [0.29, 0.717) is 6.04 Å². The Bertz CT molecular complexity index is 437. The molecule has 1 unspecified atom stereocenters. The first-order chi connectivity index (χ1) is 15.7. The van der Waals surface area contributed by atoms with Gasteiger partial charge in [-0.3, -0.25) is 4.90 Å². The number of ether oxygens (including phenoxy) is 1. The summed E-state index contributed by atoms with van der Waals surface area (Å²) in [5.74, 6) is 2.48. The number of likely N-dealkylation sites (N-methyl/N-ethyl adjacent to an activating group) is 1. The third-order valence-electron chi connectivity index (χ3n) is 7.43. The minimum absolute atomic E-state index is 0.707. The van der Waals surface area contributed by atoms with Crippen molar-refractivity contribution < 1.29 is 4.74 Å². The van der Waals surface area contributed by atoms with Crippen LogP contribution in [0.2, 0.25) is 0 Å². The Hall–Kier alpha value is -0.200. The van der Waals surface area contributed by atoms with Crippen LogP contribution in [0.4, 0.5) is 0 Å². The van der Waals surface area contributed by atoms with Crippen molar-refractivity contribution in [3.05, 3.63) is 0 Å². The summed E-state index contributed by atoms with van der Waals surface area (Å²) in [5.41, 5.74) is 0.